The van der Waals surface area contributed by atoms with Gasteiger partial charge in [0.05, 0.1) is 17.2 Å². The number of H-pyrrole nitrogens is 1. The minimum absolute atomic E-state index is 0.103. The first-order valence-electron chi connectivity index (χ1n) is 10.7. The lowest BCUT2D eigenvalue weighted by atomic mass is 10.0. The van der Waals surface area contributed by atoms with Gasteiger partial charge in [0.2, 0.25) is 11.8 Å². The van der Waals surface area contributed by atoms with Crippen molar-refractivity contribution in [3.63, 3.8) is 0 Å². The average Bonchev–Trinajstić information content (AvgIpc) is 3.33. The summed E-state index contributed by atoms with van der Waals surface area (Å²) in [4.78, 5) is 38.2. The third kappa shape index (κ3) is 5.42. The molecule has 1 atom stereocenters. The summed E-state index contributed by atoms with van der Waals surface area (Å²) in [6, 6.07) is 8.56. The molecule has 1 aromatic carbocycles. The molecule has 0 spiro atoms. The van der Waals surface area contributed by atoms with Gasteiger partial charge in [-0.1, -0.05) is 32.9 Å². The molecule has 3 rings (SSSR count). The fraction of sp³-hybridized carbons (Fsp3) is 0.455. The molecule has 0 aliphatic rings. The molecule has 166 valence electrons. The molecule has 2 amide bonds. The Hall–Kier alpha value is -3.36. The molecule has 0 saturated carbocycles. The van der Waals surface area contributed by atoms with Gasteiger partial charge in [-0.15, -0.1) is 0 Å². The van der Waals surface area contributed by atoms with Crippen LogP contribution in [-0.4, -0.2) is 37.2 Å². The fourth-order valence-electron chi connectivity index (χ4n) is 3.66. The molecule has 0 aliphatic carbocycles. The number of aromatic nitrogens is 4. The number of para-hydroxylation sites is 2. The number of fused-ring (bicyclic) bond motifs is 1. The molecule has 2 aromatic heterocycles. The summed E-state index contributed by atoms with van der Waals surface area (Å²) in [5, 5.41) is 12.0. The Labute approximate surface area is 180 Å². The molecule has 9 nitrogen and oxygen atoms in total. The van der Waals surface area contributed by atoms with Crippen LogP contribution in [0.5, 0.6) is 0 Å². The quantitative estimate of drug-likeness (QED) is 0.462. The van der Waals surface area contributed by atoms with Crippen molar-refractivity contribution in [2.24, 2.45) is 5.92 Å². The van der Waals surface area contributed by atoms with E-state index in [9.17, 15) is 14.4 Å². The summed E-state index contributed by atoms with van der Waals surface area (Å²) in [5.41, 5.74) is 1.56. The van der Waals surface area contributed by atoms with Gasteiger partial charge in [0.15, 0.2) is 0 Å². The van der Waals surface area contributed by atoms with Gasteiger partial charge in [0.25, 0.3) is 0 Å². The summed E-state index contributed by atoms with van der Waals surface area (Å²) < 4.78 is 3.37. The average molecular weight is 427 g/mol. The van der Waals surface area contributed by atoms with Gasteiger partial charge in [0.1, 0.15) is 11.9 Å². The van der Waals surface area contributed by atoms with E-state index in [1.54, 1.807) is 21.4 Å². The van der Waals surface area contributed by atoms with Crippen LogP contribution < -0.4 is 16.3 Å². The van der Waals surface area contributed by atoms with E-state index in [0.717, 1.165) is 17.5 Å². The lowest BCUT2D eigenvalue weighted by Gasteiger charge is -2.20. The number of imidazole rings is 1. The van der Waals surface area contributed by atoms with E-state index < -0.39 is 6.04 Å². The number of aryl methyl sites for hydroxylation is 2. The van der Waals surface area contributed by atoms with Crippen molar-refractivity contribution in [1.82, 2.24) is 24.6 Å². The lowest BCUT2D eigenvalue weighted by Crippen LogP contribution is -2.45. The van der Waals surface area contributed by atoms with Crippen molar-refractivity contribution in [1.29, 1.82) is 0 Å². The summed E-state index contributed by atoms with van der Waals surface area (Å²) in [5.74, 6) is 0.114. The highest BCUT2D eigenvalue weighted by molar-refractivity contribution is 5.96. The number of nitrogens with zero attached hydrogens (tertiary/aromatic N) is 3. The van der Waals surface area contributed by atoms with Gasteiger partial charge in [-0.3, -0.25) is 23.8 Å². The topological polar surface area (TPSA) is 114 Å². The van der Waals surface area contributed by atoms with E-state index >= 15 is 0 Å². The van der Waals surface area contributed by atoms with Crippen molar-refractivity contribution >= 4 is 28.7 Å². The van der Waals surface area contributed by atoms with Gasteiger partial charge in [-0.05, 0) is 30.9 Å². The third-order valence-electron chi connectivity index (χ3n) is 5.05. The summed E-state index contributed by atoms with van der Waals surface area (Å²) >= 11 is 0. The maximum absolute atomic E-state index is 12.9. The van der Waals surface area contributed by atoms with Crippen molar-refractivity contribution in [3.05, 3.63) is 47.0 Å². The number of amides is 2. The van der Waals surface area contributed by atoms with Crippen molar-refractivity contribution in [2.45, 2.75) is 59.2 Å². The second-order valence-corrected chi connectivity index (χ2v) is 8.03. The molecular weight excluding hydrogens is 396 g/mol. The van der Waals surface area contributed by atoms with E-state index in [0.29, 0.717) is 18.8 Å². The predicted octanol–water partition coefficient (Wildman–Crippen LogP) is 2.50. The van der Waals surface area contributed by atoms with Crippen LogP contribution in [0.4, 0.5) is 5.82 Å². The molecule has 2 heterocycles. The number of hydrogen-bond acceptors (Lipinski definition) is 4. The second-order valence-electron chi connectivity index (χ2n) is 8.03. The van der Waals surface area contributed by atoms with Gasteiger partial charge < -0.3 is 10.6 Å². The van der Waals surface area contributed by atoms with Gasteiger partial charge in [-0.2, -0.15) is 5.10 Å². The molecule has 3 N–H and O–H groups in total. The number of anilines is 1. The second kappa shape index (κ2) is 10.1. The SMILES string of the molecule is CCCn1c(=O)n(CCC(=O)NC(CC(C)C)C(=O)Nc2ccn[nH]2)c2ccccc21. The van der Waals surface area contributed by atoms with Crippen LogP contribution in [0.1, 0.15) is 40.0 Å². The minimum Gasteiger partial charge on any atom is -0.344 e. The summed E-state index contributed by atoms with van der Waals surface area (Å²) in [6.45, 7) is 6.88. The molecule has 0 aliphatic heterocycles. The fourth-order valence-corrected chi connectivity index (χ4v) is 3.66. The van der Waals surface area contributed by atoms with Crippen molar-refractivity contribution in [2.75, 3.05) is 5.32 Å². The van der Waals surface area contributed by atoms with E-state index in [-0.39, 0.29) is 36.4 Å². The van der Waals surface area contributed by atoms with Gasteiger partial charge in [0, 0.05) is 25.6 Å². The first kappa shape index (κ1) is 22.3. The number of nitrogens with one attached hydrogen (secondary N) is 3. The molecule has 1 unspecified atom stereocenters. The highest BCUT2D eigenvalue weighted by Crippen LogP contribution is 2.14. The van der Waals surface area contributed by atoms with E-state index in [4.69, 9.17) is 0 Å². The van der Waals surface area contributed by atoms with Crippen molar-refractivity contribution in [3.8, 4) is 0 Å². The number of carbonyl (C=O) groups excluding carboxylic acids is 2. The number of rotatable bonds is 10. The van der Waals surface area contributed by atoms with Crippen molar-refractivity contribution < 1.29 is 9.59 Å². The molecule has 0 fully saturated rings. The van der Waals surface area contributed by atoms with E-state index in [2.05, 4.69) is 20.8 Å². The van der Waals surface area contributed by atoms with Crippen LogP contribution in [0, 0.1) is 5.92 Å². The van der Waals surface area contributed by atoms with Crippen LogP contribution in [0.15, 0.2) is 41.3 Å². The maximum Gasteiger partial charge on any atom is 0.329 e. The third-order valence-corrected chi connectivity index (χ3v) is 5.05. The smallest absolute Gasteiger partial charge is 0.329 e. The summed E-state index contributed by atoms with van der Waals surface area (Å²) in [6.07, 6.45) is 2.99. The van der Waals surface area contributed by atoms with Crippen LogP contribution in [-0.2, 0) is 22.7 Å². The Bertz CT molecular complexity index is 1080. The summed E-state index contributed by atoms with van der Waals surface area (Å²) in [7, 11) is 0. The number of aromatic amines is 1. The number of carbonyl (C=O) groups is 2. The molecule has 0 bridgehead atoms. The molecular formula is C22H30N6O3. The number of benzene rings is 1. The standard InChI is InChI=1S/C22H30N6O3/c1-4-12-27-17-7-5-6-8-18(17)28(22(27)31)13-10-20(29)24-16(14-15(2)3)21(30)25-19-9-11-23-26-19/h5-9,11,15-16H,4,10,12-14H2,1-3H3,(H,24,29)(H2,23,25,26,30). The first-order valence-corrected chi connectivity index (χ1v) is 10.7. The Morgan fingerprint density at radius 1 is 1.10 bits per heavy atom. The molecule has 0 radical (unpaired) electrons. The van der Waals surface area contributed by atoms with Crippen LogP contribution in [0.25, 0.3) is 11.0 Å². The Balaban J connectivity index is 1.70. The molecule has 3 aromatic rings. The molecule has 0 saturated heterocycles. The maximum atomic E-state index is 12.9. The minimum atomic E-state index is -0.672. The molecule has 9 heteroatoms. The monoisotopic (exact) mass is 426 g/mol. The van der Waals surface area contributed by atoms with E-state index in [1.165, 1.54) is 0 Å². The zero-order valence-corrected chi connectivity index (χ0v) is 18.2. The van der Waals surface area contributed by atoms with Crippen LogP contribution >= 0.6 is 0 Å². The highest BCUT2D eigenvalue weighted by atomic mass is 16.2. The number of hydrogen-bond donors (Lipinski definition) is 3. The highest BCUT2D eigenvalue weighted by Gasteiger charge is 2.23. The van der Waals surface area contributed by atoms with Crippen LogP contribution in [0.2, 0.25) is 0 Å². The van der Waals surface area contributed by atoms with Crippen LogP contribution in [0.3, 0.4) is 0 Å². The zero-order chi connectivity index (χ0) is 22.4. The van der Waals surface area contributed by atoms with Gasteiger partial charge in [-0.25, -0.2) is 4.79 Å². The first-order chi connectivity index (χ1) is 14.9. The van der Waals surface area contributed by atoms with E-state index in [1.807, 2.05) is 45.0 Å². The Morgan fingerprint density at radius 3 is 2.35 bits per heavy atom. The largest absolute Gasteiger partial charge is 0.344 e. The predicted molar refractivity (Wildman–Crippen MR) is 120 cm³/mol. The Kier molecular flexibility index (Phi) is 7.28. The lowest BCUT2D eigenvalue weighted by molar-refractivity contribution is -0.127. The normalized spacial score (nSPS) is 12.3. The van der Waals surface area contributed by atoms with Gasteiger partial charge >= 0.3 is 5.69 Å². The Morgan fingerprint density at radius 2 is 1.77 bits per heavy atom. The molecule has 31 heavy (non-hydrogen) atoms. The zero-order valence-electron chi connectivity index (χ0n) is 18.2.